The van der Waals surface area contributed by atoms with Crippen LogP contribution in [0.2, 0.25) is 0 Å². The summed E-state index contributed by atoms with van der Waals surface area (Å²) in [5, 5.41) is 9.13. The largest absolute Gasteiger partial charge is 0.481 e. The second-order valence-electron chi connectivity index (χ2n) is 8.67. The van der Waals surface area contributed by atoms with Gasteiger partial charge in [0.15, 0.2) is 0 Å². The van der Waals surface area contributed by atoms with Gasteiger partial charge >= 0.3 is 5.97 Å². The minimum absolute atomic E-state index is 0.0271. The summed E-state index contributed by atoms with van der Waals surface area (Å²) in [5.74, 6) is -0.158. The van der Waals surface area contributed by atoms with Crippen LogP contribution in [-0.2, 0) is 9.59 Å². The van der Waals surface area contributed by atoms with E-state index in [1.807, 2.05) is 13.8 Å². The molecule has 0 aromatic heterocycles. The number of hydrogen-bond donors (Lipinski definition) is 1. The maximum absolute atomic E-state index is 13.0. The van der Waals surface area contributed by atoms with Crippen molar-refractivity contribution in [3.8, 4) is 0 Å². The number of carboxylic acid groups (broad SMARTS) is 1. The molecule has 0 spiro atoms. The van der Waals surface area contributed by atoms with Crippen LogP contribution in [0, 0.1) is 16.7 Å². The van der Waals surface area contributed by atoms with E-state index in [1.165, 1.54) is 11.1 Å². The van der Waals surface area contributed by atoms with Gasteiger partial charge in [0, 0.05) is 18.3 Å². The number of carboxylic acids is 1. The molecule has 0 aromatic rings. The number of carbonyl (C=O) groups excluding carboxylic acids is 1. The van der Waals surface area contributed by atoms with E-state index in [1.54, 1.807) is 0 Å². The smallest absolute Gasteiger partial charge is 0.303 e. The number of ketones is 1. The Morgan fingerprint density at radius 2 is 1.75 bits per heavy atom. The Labute approximate surface area is 147 Å². The van der Waals surface area contributed by atoms with E-state index < -0.39 is 11.4 Å². The fourth-order valence-electron chi connectivity index (χ4n) is 3.67. The summed E-state index contributed by atoms with van der Waals surface area (Å²) in [4.78, 5) is 24.1. The Morgan fingerprint density at radius 1 is 1.17 bits per heavy atom. The first-order valence-corrected chi connectivity index (χ1v) is 9.00. The molecule has 1 saturated carbocycles. The van der Waals surface area contributed by atoms with Gasteiger partial charge in [0.05, 0.1) is 0 Å². The second kappa shape index (κ2) is 8.13. The molecule has 0 aliphatic heterocycles. The molecule has 1 aliphatic rings. The minimum atomic E-state index is -0.815. The zero-order valence-electron chi connectivity index (χ0n) is 16.2. The lowest BCUT2D eigenvalue weighted by Crippen LogP contribution is -2.45. The van der Waals surface area contributed by atoms with Crippen molar-refractivity contribution in [1.82, 2.24) is 0 Å². The zero-order chi connectivity index (χ0) is 18.5. The molecule has 136 valence electrons. The predicted octanol–water partition coefficient (Wildman–Crippen LogP) is 5.56. The van der Waals surface area contributed by atoms with E-state index in [0.717, 1.165) is 12.8 Å². The summed E-state index contributed by atoms with van der Waals surface area (Å²) in [6, 6.07) is 0. The van der Waals surface area contributed by atoms with Crippen LogP contribution in [0.1, 0.15) is 80.1 Å². The standard InChI is InChI=1S/C21H34O3/c1-15(2)7-8-17-13-21(11-9-16(3)4,12-10-19(23)24)18(22)14-20(17,5)6/h7,9,17H,8,10-14H2,1-6H3,(H,23,24)/t17-,21-/m0/s1. The molecule has 1 rings (SSSR count). The molecule has 3 nitrogen and oxygen atoms in total. The van der Waals surface area contributed by atoms with Gasteiger partial charge < -0.3 is 5.11 Å². The molecule has 0 heterocycles. The van der Waals surface area contributed by atoms with E-state index in [-0.39, 0.29) is 17.6 Å². The summed E-state index contributed by atoms with van der Waals surface area (Å²) in [6.07, 6.45) is 7.85. The molecule has 0 aromatic carbocycles. The third kappa shape index (κ3) is 5.61. The fourth-order valence-corrected chi connectivity index (χ4v) is 3.67. The molecular formula is C21H34O3. The van der Waals surface area contributed by atoms with Gasteiger partial charge in [-0.25, -0.2) is 0 Å². The van der Waals surface area contributed by atoms with E-state index >= 15 is 0 Å². The first-order chi connectivity index (χ1) is 11.0. The van der Waals surface area contributed by atoms with Crippen molar-refractivity contribution in [1.29, 1.82) is 0 Å². The van der Waals surface area contributed by atoms with Crippen LogP contribution in [0.15, 0.2) is 23.3 Å². The molecule has 1 fully saturated rings. The third-order valence-electron chi connectivity index (χ3n) is 5.48. The van der Waals surface area contributed by atoms with Gasteiger partial charge in [-0.15, -0.1) is 0 Å². The number of carbonyl (C=O) groups is 2. The van der Waals surface area contributed by atoms with E-state index in [9.17, 15) is 9.59 Å². The number of aliphatic carboxylic acids is 1. The van der Waals surface area contributed by atoms with Gasteiger partial charge in [-0.2, -0.15) is 0 Å². The predicted molar refractivity (Wildman–Crippen MR) is 98.9 cm³/mol. The van der Waals surface area contributed by atoms with E-state index in [0.29, 0.717) is 25.2 Å². The van der Waals surface area contributed by atoms with Crippen molar-refractivity contribution < 1.29 is 14.7 Å². The highest BCUT2D eigenvalue weighted by molar-refractivity contribution is 5.87. The van der Waals surface area contributed by atoms with Crippen LogP contribution >= 0.6 is 0 Å². The quantitative estimate of drug-likeness (QED) is 0.620. The van der Waals surface area contributed by atoms with E-state index in [4.69, 9.17) is 5.11 Å². The first-order valence-electron chi connectivity index (χ1n) is 9.00. The fraction of sp³-hybridized carbons (Fsp3) is 0.714. The highest BCUT2D eigenvalue weighted by Crippen LogP contribution is 2.52. The average molecular weight is 335 g/mol. The Hall–Kier alpha value is -1.38. The van der Waals surface area contributed by atoms with E-state index in [2.05, 4.69) is 39.8 Å². The first kappa shape index (κ1) is 20.7. The lowest BCUT2D eigenvalue weighted by Gasteiger charge is -2.47. The average Bonchev–Trinajstić information content (AvgIpc) is 2.43. The summed E-state index contributed by atoms with van der Waals surface area (Å²) < 4.78 is 0. The van der Waals surface area contributed by atoms with Crippen molar-refractivity contribution in [3.63, 3.8) is 0 Å². The van der Waals surface area contributed by atoms with Gasteiger partial charge in [-0.05, 0) is 64.7 Å². The van der Waals surface area contributed by atoms with Crippen LogP contribution in [0.3, 0.4) is 0 Å². The molecular weight excluding hydrogens is 300 g/mol. The van der Waals surface area contributed by atoms with Crippen LogP contribution in [0.5, 0.6) is 0 Å². The Kier molecular flexibility index (Phi) is 7.00. The summed E-state index contributed by atoms with van der Waals surface area (Å²) in [7, 11) is 0. The summed E-state index contributed by atoms with van der Waals surface area (Å²) in [5.41, 5.74) is 1.94. The number of rotatable bonds is 7. The minimum Gasteiger partial charge on any atom is -0.481 e. The molecule has 24 heavy (non-hydrogen) atoms. The number of hydrogen-bond acceptors (Lipinski definition) is 2. The van der Waals surface area contributed by atoms with Gasteiger partial charge in [-0.3, -0.25) is 9.59 Å². The Morgan fingerprint density at radius 3 is 2.25 bits per heavy atom. The number of allylic oxidation sites excluding steroid dienone is 4. The SMILES string of the molecule is CC(C)=CC[C@H]1C[C@](CC=C(C)C)(CCC(=O)O)C(=O)CC1(C)C. The molecule has 1 aliphatic carbocycles. The molecule has 1 N–H and O–H groups in total. The van der Waals surface area contributed by atoms with Gasteiger partial charge in [-0.1, -0.05) is 37.1 Å². The summed E-state index contributed by atoms with van der Waals surface area (Å²) in [6.45, 7) is 12.6. The van der Waals surface area contributed by atoms with Crippen molar-refractivity contribution in [3.05, 3.63) is 23.3 Å². The lowest BCUT2D eigenvalue weighted by molar-refractivity contribution is -0.142. The normalized spacial score (nSPS) is 25.9. The monoisotopic (exact) mass is 334 g/mol. The van der Waals surface area contributed by atoms with Gasteiger partial charge in [0.1, 0.15) is 5.78 Å². The maximum atomic E-state index is 13.0. The topological polar surface area (TPSA) is 54.4 Å². The van der Waals surface area contributed by atoms with Crippen molar-refractivity contribution >= 4 is 11.8 Å². The van der Waals surface area contributed by atoms with Crippen molar-refractivity contribution in [2.75, 3.05) is 0 Å². The van der Waals surface area contributed by atoms with Crippen LogP contribution in [-0.4, -0.2) is 16.9 Å². The highest BCUT2D eigenvalue weighted by atomic mass is 16.4. The molecule has 2 atom stereocenters. The van der Waals surface area contributed by atoms with Crippen molar-refractivity contribution in [2.45, 2.75) is 80.1 Å². The summed E-state index contributed by atoms with van der Waals surface area (Å²) >= 11 is 0. The molecule has 0 radical (unpaired) electrons. The number of Topliss-reactive ketones (excluding diaryl/α,β-unsaturated/α-hetero) is 1. The van der Waals surface area contributed by atoms with Crippen LogP contribution in [0.25, 0.3) is 0 Å². The molecule has 0 unspecified atom stereocenters. The van der Waals surface area contributed by atoms with Crippen LogP contribution < -0.4 is 0 Å². The van der Waals surface area contributed by atoms with Crippen LogP contribution in [0.4, 0.5) is 0 Å². The highest BCUT2D eigenvalue weighted by Gasteiger charge is 2.49. The maximum Gasteiger partial charge on any atom is 0.303 e. The molecule has 0 amide bonds. The zero-order valence-corrected chi connectivity index (χ0v) is 16.2. The van der Waals surface area contributed by atoms with Crippen molar-refractivity contribution in [2.24, 2.45) is 16.7 Å². The second-order valence-corrected chi connectivity index (χ2v) is 8.67. The Bertz CT molecular complexity index is 531. The molecule has 0 saturated heterocycles. The lowest BCUT2D eigenvalue weighted by atomic mass is 9.55. The Balaban J connectivity index is 3.13. The third-order valence-corrected chi connectivity index (χ3v) is 5.48. The molecule has 0 bridgehead atoms. The van der Waals surface area contributed by atoms with Gasteiger partial charge in [0.2, 0.25) is 0 Å². The molecule has 3 heteroatoms. The van der Waals surface area contributed by atoms with Gasteiger partial charge in [0.25, 0.3) is 0 Å².